The molecule has 1 saturated carbocycles. The summed E-state index contributed by atoms with van der Waals surface area (Å²) in [6.45, 7) is 8.69. The lowest BCUT2D eigenvalue weighted by molar-refractivity contribution is -0.384. The number of aliphatic hydroxyl groups is 2. The molecule has 0 aromatic heterocycles. The van der Waals surface area contributed by atoms with E-state index in [9.17, 15) is 29.9 Å². The van der Waals surface area contributed by atoms with Crippen molar-refractivity contribution in [1.82, 2.24) is 10.2 Å². The summed E-state index contributed by atoms with van der Waals surface area (Å²) in [7, 11) is 0. The fourth-order valence-corrected chi connectivity index (χ4v) is 9.17. The number of carbonyl (C=O) groups excluding carboxylic acids is 2. The average Bonchev–Trinajstić information content (AvgIpc) is 3.27. The Kier molecular flexibility index (Phi) is 16.1. The van der Waals surface area contributed by atoms with Crippen molar-refractivity contribution in [1.29, 1.82) is 0 Å². The fraction of sp³-hybridized carbons (Fsp3) is 0.468. The highest BCUT2D eigenvalue weighted by molar-refractivity contribution is 6.03. The molecular weight excluding hydrogens is 797 g/mol. The van der Waals surface area contributed by atoms with Crippen LogP contribution in [0.3, 0.4) is 0 Å². The molecule has 332 valence electrons. The Morgan fingerprint density at radius 1 is 1.00 bits per heavy atom. The molecule has 6 atom stereocenters. The van der Waals surface area contributed by atoms with Gasteiger partial charge in [0.15, 0.2) is 0 Å². The molecule has 0 bridgehead atoms. The lowest BCUT2D eigenvalue weighted by atomic mass is 9.55. The number of fused-ring (bicyclic) bond motifs is 2. The molecule has 1 aliphatic heterocycles. The summed E-state index contributed by atoms with van der Waals surface area (Å²) in [6, 6.07) is 19.4. The predicted molar refractivity (Wildman–Crippen MR) is 232 cm³/mol. The number of oxime groups is 1. The molecular formula is C47H58N4O11. The van der Waals surface area contributed by atoms with E-state index < -0.39 is 34.9 Å². The summed E-state index contributed by atoms with van der Waals surface area (Å²) in [6.07, 6.45) is 7.44. The third-order valence-corrected chi connectivity index (χ3v) is 11.8. The summed E-state index contributed by atoms with van der Waals surface area (Å²) in [4.78, 5) is 46.0. The van der Waals surface area contributed by atoms with Crippen molar-refractivity contribution in [3.05, 3.63) is 118 Å². The number of nitrogens with zero attached hydrogens (tertiary/aromatic N) is 3. The van der Waals surface area contributed by atoms with Gasteiger partial charge >= 0.3 is 12.2 Å². The van der Waals surface area contributed by atoms with Crippen molar-refractivity contribution in [2.24, 2.45) is 22.9 Å². The third kappa shape index (κ3) is 10.5. The van der Waals surface area contributed by atoms with Crippen LogP contribution in [0, 0.1) is 27.9 Å². The van der Waals surface area contributed by atoms with Crippen LogP contribution >= 0.6 is 0 Å². The minimum absolute atomic E-state index is 0.0118. The van der Waals surface area contributed by atoms with Gasteiger partial charge in [0.2, 0.25) is 5.79 Å². The van der Waals surface area contributed by atoms with Crippen LogP contribution in [-0.4, -0.2) is 82.7 Å². The van der Waals surface area contributed by atoms with E-state index in [2.05, 4.69) is 18.0 Å². The fourth-order valence-electron chi connectivity index (χ4n) is 9.17. The number of nitrogens with one attached hydrogen (secondary N) is 1. The van der Waals surface area contributed by atoms with Crippen LogP contribution in [0.15, 0.2) is 102 Å². The quantitative estimate of drug-likeness (QED) is 0.0403. The summed E-state index contributed by atoms with van der Waals surface area (Å²) >= 11 is 0. The van der Waals surface area contributed by atoms with Crippen LogP contribution in [0.4, 0.5) is 15.3 Å². The van der Waals surface area contributed by atoms with Gasteiger partial charge in [-0.2, -0.15) is 0 Å². The summed E-state index contributed by atoms with van der Waals surface area (Å²) in [5, 5.41) is 38.7. The SMILES string of the molecule is C=CCO[C@@]12Oc3ccc(OC(=O)NCC)cc3[C@H]3[C@H](CCCCO)[C@@H](CCCCO)C=C(C(=NOCc4ccccc4)C[C@@H]1N(CCC)C(=O)Oc1ccc([N+](=O)[O-])cc1)[C@H]32. The van der Waals surface area contributed by atoms with Gasteiger partial charge in [0.25, 0.3) is 5.69 Å². The maximum Gasteiger partial charge on any atom is 0.415 e. The topological polar surface area (TPSA) is 192 Å². The number of amides is 2. The van der Waals surface area contributed by atoms with Gasteiger partial charge in [0, 0.05) is 56.3 Å². The van der Waals surface area contributed by atoms with Gasteiger partial charge in [-0.3, -0.25) is 15.0 Å². The first-order valence-corrected chi connectivity index (χ1v) is 21.6. The molecule has 0 radical (unpaired) electrons. The first-order chi connectivity index (χ1) is 30.2. The molecule has 2 amide bonds. The Balaban J connectivity index is 1.56. The van der Waals surface area contributed by atoms with Gasteiger partial charge in [-0.25, -0.2) is 9.59 Å². The number of non-ortho nitro benzene ring substituents is 1. The second-order valence-corrected chi connectivity index (χ2v) is 15.8. The van der Waals surface area contributed by atoms with E-state index in [0.717, 1.165) is 42.4 Å². The van der Waals surface area contributed by atoms with Crippen molar-refractivity contribution >= 4 is 23.6 Å². The first-order valence-electron chi connectivity index (χ1n) is 21.6. The molecule has 2 aliphatic carbocycles. The highest BCUT2D eigenvalue weighted by atomic mass is 16.7. The Hall–Kier alpha value is -5.77. The molecule has 0 spiro atoms. The van der Waals surface area contributed by atoms with E-state index in [0.29, 0.717) is 43.0 Å². The number of ether oxygens (including phenoxy) is 4. The lowest BCUT2D eigenvalue weighted by Gasteiger charge is -2.59. The van der Waals surface area contributed by atoms with E-state index >= 15 is 0 Å². The van der Waals surface area contributed by atoms with Gasteiger partial charge in [-0.05, 0) is 92.3 Å². The molecule has 0 saturated heterocycles. The second kappa shape index (κ2) is 21.8. The third-order valence-electron chi connectivity index (χ3n) is 11.8. The molecule has 3 aromatic carbocycles. The summed E-state index contributed by atoms with van der Waals surface area (Å²) in [5.41, 5.74) is 3.02. The molecule has 1 heterocycles. The number of rotatable bonds is 21. The molecule has 15 nitrogen and oxygen atoms in total. The molecule has 1 fully saturated rings. The average molecular weight is 855 g/mol. The van der Waals surface area contributed by atoms with Crippen LogP contribution in [0.2, 0.25) is 0 Å². The number of carbonyl (C=O) groups is 2. The second-order valence-electron chi connectivity index (χ2n) is 15.8. The van der Waals surface area contributed by atoms with Crippen LogP contribution in [0.1, 0.15) is 82.3 Å². The van der Waals surface area contributed by atoms with E-state index in [1.165, 1.54) is 24.3 Å². The minimum atomic E-state index is -1.55. The normalized spacial score (nSPS) is 22.9. The molecule has 15 heteroatoms. The summed E-state index contributed by atoms with van der Waals surface area (Å²) in [5.74, 6) is -1.63. The Bertz CT molecular complexity index is 2060. The Labute approximate surface area is 362 Å². The maximum atomic E-state index is 14.6. The van der Waals surface area contributed by atoms with E-state index in [1.807, 2.05) is 43.3 Å². The zero-order valence-corrected chi connectivity index (χ0v) is 35.5. The molecule has 0 unspecified atom stereocenters. The molecule has 3 aromatic rings. The number of allylic oxidation sites excluding steroid dienone is 1. The van der Waals surface area contributed by atoms with Gasteiger partial charge < -0.3 is 39.3 Å². The van der Waals surface area contributed by atoms with Gasteiger partial charge in [-0.15, -0.1) is 6.58 Å². The number of aliphatic hydroxyl groups excluding tert-OH is 2. The van der Waals surface area contributed by atoms with E-state index in [1.54, 1.807) is 30.0 Å². The predicted octanol–water partition coefficient (Wildman–Crippen LogP) is 8.45. The smallest absolute Gasteiger partial charge is 0.415 e. The number of benzene rings is 3. The number of hydrogen-bond donors (Lipinski definition) is 3. The van der Waals surface area contributed by atoms with Crippen molar-refractivity contribution in [3.8, 4) is 17.2 Å². The molecule has 62 heavy (non-hydrogen) atoms. The van der Waals surface area contributed by atoms with Crippen LogP contribution in [0.25, 0.3) is 0 Å². The number of nitro benzene ring substituents is 1. The standard InChI is InChI=1S/C47H58N4O11/c1-4-24-50(46(55)61-35-20-18-34(19-21-35)51(56)57)42-30-40(49-59-31-32-14-8-7-9-15-32)38-28-33(16-10-12-25-52)37(17-11-13-26-53)43-39-29-36(60-45(54)48-6-3)22-23-41(39)62-47(42,44(38)43)58-27-5-2/h5,7-9,14-15,18-23,28-29,33,37,42-44,52-53H,2,4,6,10-13,16-17,24-27,30-31H2,1,3H3,(H,48,54)/t33-,37+,42-,43+,44+,47+/m0/s1. The maximum absolute atomic E-state index is 14.6. The largest absolute Gasteiger partial charge is 0.459 e. The van der Waals surface area contributed by atoms with Crippen molar-refractivity contribution in [2.75, 3.05) is 32.9 Å². The van der Waals surface area contributed by atoms with Crippen molar-refractivity contribution in [3.63, 3.8) is 0 Å². The van der Waals surface area contributed by atoms with Gasteiger partial charge in [0.1, 0.15) is 29.9 Å². The monoisotopic (exact) mass is 854 g/mol. The number of nitro groups is 1. The molecule has 3 N–H and O–H groups in total. The lowest BCUT2D eigenvalue weighted by Crippen LogP contribution is -2.70. The van der Waals surface area contributed by atoms with Gasteiger partial charge in [0.05, 0.1) is 23.2 Å². The van der Waals surface area contributed by atoms with Crippen molar-refractivity contribution in [2.45, 2.75) is 89.6 Å². The zero-order valence-electron chi connectivity index (χ0n) is 35.5. The Morgan fingerprint density at radius 2 is 1.73 bits per heavy atom. The van der Waals surface area contributed by atoms with E-state index in [4.69, 9.17) is 28.9 Å². The first kappa shape index (κ1) is 45.7. The van der Waals surface area contributed by atoms with Crippen LogP contribution < -0.4 is 19.5 Å². The van der Waals surface area contributed by atoms with Crippen LogP contribution in [-0.2, 0) is 16.2 Å². The van der Waals surface area contributed by atoms with E-state index in [-0.39, 0.29) is 68.6 Å². The highest BCUT2D eigenvalue weighted by Gasteiger charge is 2.65. The van der Waals surface area contributed by atoms with Crippen LogP contribution in [0.5, 0.6) is 17.2 Å². The molecule has 3 aliphatic rings. The molecule has 6 rings (SSSR count). The van der Waals surface area contributed by atoms with Crippen molar-refractivity contribution < 1.29 is 48.5 Å². The zero-order chi connectivity index (χ0) is 44.1. The minimum Gasteiger partial charge on any atom is -0.459 e. The summed E-state index contributed by atoms with van der Waals surface area (Å²) < 4.78 is 25.9. The Morgan fingerprint density at radius 3 is 2.40 bits per heavy atom. The van der Waals surface area contributed by atoms with Gasteiger partial charge in [-0.1, -0.05) is 67.4 Å². The number of unbranched alkanes of at least 4 members (excludes halogenated alkanes) is 2. The highest BCUT2D eigenvalue weighted by Crippen LogP contribution is 2.62. The number of hydrogen-bond acceptors (Lipinski definition) is 12.